The van der Waals surface area contributed by atoms with Gasteiger partial charge in [-0.3, -0.25) is 9.35 Å². The van der Waals surface area contributed by atoms with Crippen molar-refractivity contribution < 1.29 is 33.1 Å². The lowest BCUT2D eigenvalue weighted by Gasteiger charge is -2.62. The van der Waals surface area contributed by atoms with Crippen LogP contribution in [0.1, 0.15) is 85.0 Å². The number of carbonyl (C=O) groups is 1. The molecule has 10 atom stereocenters. The van der Waals surface area contributed by atoms with Gasteiger partial charge in [-0.15, -0.1) is 0 Å². The number of carboxylic acid groups (broad SMARTS) is 1. The van der Waals surface area contributed by atoms with Crippen LogP contribution in [0, 0.1) is 46.3 Å². The zero-order chi connectivity index (χ0) is 26.2. The van der Waals surface area contributed by atoms with Gasteiger partial charge in [0.15, 0.2) is 0 Å². The molecule has 0 aromatic carbocycles. The maximum atomic E-state index is 11.2. The van der Waals surface area contributed by atoms with E-state index in [0.717, 1.165) is 32.1 Å². The fourth-order valence-corrected chi connectivity index (χ4v) is 9.17. The molecule has 4 unspecified atom stereocenters. The van der Waals surface area contributed by atoms with Crippen molar-refractivity contribution in [3.63, 3.8) is 0 Å². The van der Waals surface area contributed by atoms with Gasteiger partial charge in [-0.05, 0) is 104 Å². The van der Waals surface area contributed by atoms with Crippen LogP contribution in [0.5, 0.6) is 0 Å². The number of rotatable bonds is 6. The first-order valence-corrected chi connectivity index (χ1v) is 15.1. The molecule has 35 heavy (non-hydrogen) atoms. The SMILES string of the molecule is C[C@H](CCC(=O)O)[C@H]1CCC2C3C(CC[C@@]21C)[C@@]1(C)CC[C@@H](O)CC1C[C@H]3O.NCCS(=O)(=O)O. The van der Waals surface area contributed by atoms with Gasteiger partial charge in [0, 0.05) is 13.0 Å². The highest BCUT2D eigenvalue weighted by Crippen LogP contribution is 2.68. The van der Waals surface area contributed by atoms with Gasteiger partial charge in [0.05, 0.1) is 18.0 Å². The molecule has 204 valence electrons. The molecule has 0 amide bonds. The maximum absolute atomic E-state index is 11.2. The molecular formula is C26H47NO7S. The minimum absolute atomic E-state index is 0.0289. The second kappa shape index (κ2) is 10.9. The van der Waals surface area contributed by atoms with Crippen LogP contribution in [0.2, 0.25) is 0 Å². The molecule has 4 saturated carbocycles. The predicted octanol–water partition coefficient (Wildman–Crippen LogP) is 3.31. The van der Waals surface area contributed by atoms with E-state index < -0.39 is 16.1 Å². The number of hydrogen-bond acceptors (Lipinski definition) is 6. The van der Waals surface area contributed by atoms with Crippen LogP contribution >= 0.6 is 0 Å². The fourth-order valence-electron chi connectivity index (χ4n) is 8.88. The van der Waals surface area contributed by atoms with E-state index in [9.17, 15) is 23.4 Å². The molecule has 0 heterocycles. The summed E-state index contributed by atoms with van der Waals surface area (Å²) in [5, 5.41) is 30.5. The van der Waals surface area contributed by atoms with Gasteiger partial charge in [-0.25, -0.2) is 0 Å². The first-order chi connectivity index (χ1) is 16.2. The Hall–Kier alpha value is -0.740. The van der Waals surface area contributed by atoms with Gasteiger partial charge in [-0.1, -0.05) is 20.8 Å². The lowest BCUT2D eigenvalue weighted by Crippen LogP contribution is -2.58. The quantitative estimate of drug-likeness (QED) is 0.336. The van der Waals surface area contributed by atoms with Gasteiger partial charge >= 0.3 is 5.97 Å². The van der Waals surface area contributed by atoms with E-state index in [1.807, 2.05) is 0 Å². The predicted molar refractivity (Wildman–Crippen MR) is 134 cm³/mol. The smallest absolute Gasteiger partial charge is 0.303 e. The molecular weight excluding hydrogens is 470 g/mol. The number of nitrogens with two attached hydrogens (primary N) is 1. The van der Waals surface area contributed by atoms with Gasteiger partial charge in [0.25, 0.3) is 10.1 Å². The second-order valence-electron chi connectivity index (χ2n) is 12.4. The van der Waals surface area contributed by atoms with E-state index in [1.165, 1.54) is 25.7 Å². The average Bonchev–Trinajstić information content (AvgIpc) is 3.10. The van der Waals surface area contributed by atoms with E-state index in [-0.39, 0.29) is 41.8 Å². The van der Waals surface area contributed by atoms with Crippen molar-refractivity contribution in [2.75, 3.05) is 12.3 Å². The first-order valence-electron chi connectivity index (χ1n) is 13.5. The van der Waals surface area contributed by atoms with Crippen molar-refractivity contribution in [1.29, 1.82) is 0 Å². The number of aliphatic carboxylic acids is 1. The van der Waals surface area contributed by atoms with Crippen molar-refractivity contribution in [3.05, 3.63) is 0 Å². The summed E-state index contributed by atoms with van der Waals surface area (Å²) in [6.45, 7) is 7.13. The van der Waals surface area contributed by atoms with Crippen LogP contribution in [-0.2, 0) is 14.9 Å². The largest absolute Gasteiger partial charge is 0.481 e. The molecule has 0 saturated heterocycles. The summed E-state index contributed by atoms with van der Waals surface area (Å²) in [4.78, 5) is 11.1. The van der Waals surface area contributed by atoms with Gasteiger partial charge in [0.2, 0.25) is 0 Å². The summed E-state index contributed by atoms with van der Waals surface area (Å²) in [5.41, 5.74) is 5.30. The minimum atomic E-state index is -3.80. The highest BCUT2D eigenvalue weighted by atomic mass is 32.2. The van der Waals surface area contributed by atoms with Crippen LogP contribution in [0.4, 0.5) is 0 Å². The third-order valence-electron chi connectivity index (χ3n) is 10.6. The zero-order valence-electron chi connectivity index (χ0n) is 21.6. The van der Waals surface area contributed by atoms with E-state index in [4.69, 9.17) is 15.4 Å². The third-order valence-corrected chi connectivity index (χ3v) is 11.4. The number of carboxylic acids is 1. The molecule has 0 radical (unpaired) electrons. The first kappa shape index (κ1) is 28.8. The van der Waals surface area contributed by atoms with Crippen LogP contribution in [-0.4, -0.2) is 58.8 Å². The van der Waals surface area contributed by atoms with Crippen molar-refractivity contribution in [2.24, 2.45) is 52.1 Å². The monoisotopic (exact) mass is 517 g/mol. The summed E-state index contributed by atoms with van der Waals surface area (Å²) in [5.74, 6) is 2.00. The Morgan fingerprint density at radius 2 is 1.66 bits per heavy atom. The molecule has 4 aliphatic rings. The van der Waals surface area contributed by atoms with Gasteiger partial charge in [0.1, 0.15) is 0 Å². The number of hydrogen-bond donors (Lipinski definition) is 5. The normalized spacial score (nSPS) is 43.7. The summed E-state index contributed by atoms with van der Waals surface area (Å²) in [6.07, 6.45) is 9.19. The molecule has 0 spiro atoms. The summed E-state index contributed by atoms with van der Waals surface area (Å²) >= 11 is 0. The minimum Gasteiger partial charge on any atom is -0.481 e. The molecule has 0 aromatic heterocycles. The molecule has 0 aromatic rings. The topological polar surface area (TPSA) is 158 Å². The van der Waals surface area contributed by atoms with Crippen molar-refractivity contribution in [3.8, 4) is 0 Å². The standard InChI is InChI=1S/C24H40O4.C2H7NO3S/c1-14(4-7-21(27)28)17-5-6-18-22-19(9-11-24(17,18)3)23(2)10-8-16(25)12-15(23)13-20(22)26;3-1-2-7(4,5)6/h14-20,22,25-26H,4-13H2,1-3H3,(H,27,28);1-3H2,(H,4,5,6)/t14-,15?,16-,17-,18?,19?,20-,22?,23+,24-;/m1./s1. The van der Waals surface area contributed by atoms with Gasteiger partial charge < -0.3 is 21.1 Å². The Bertz CT molecular complexity index is 851. The van der Waals surface area contributed by atoms with Crippen molar-refractivity contribution in [2.45, 2.75) is 97.2 Å². The lowest BCUT2D eigenvalue weighted by molar-refractivity contribution is -0.174. The molecule has 8 nitrogen and oxygen atoms in total. The van der Waals surface area contributed by atoms with Crippen LogP contribution in [0.15, 0.2) is 0 Å². The van der Waals surface area contributed by atoms with Gasteiger partial charge in [-0.2, -0.15) is 8.42 Å². The molecule has 0 aliphatic heterocycles. The summed E-state index contributed by atoms with van der Waals surface area (Å²) in [6, 6.07) is 0. The van der Waals surface area contributed by atoms with Crippen LogP contribution in [0.3, 0.4) is 0 Å². The molecule has 6 N–H and O–H groups in total. The van der Waals surface area contributed by atoms with E-state index in [1.54, 1.807) is 0 Å². The fraction of sp³-hybridized carbons (Fsp3) is 0.962. The molecule has 0 bridgehead atoms. The number of aliphatic hydroxyl groups excluding tert-OH is 2. The molecule has 4 fully saturated rings. The van der Waals surface area contributed by atoms with Crippen molar-refractivity contribution in [1.82, 2.24) is 0 Å². The number of fused-ring (bicyclic) bond motifs is 5. The van der Waals surface area contributed by atoms with E-state index >= 15 is 0 Å². The van der Waals surface area contributed by atoms with E-state index in [2.05, 4.69) is 20.8 Å². The Labute approximate surface area is 210 Å². The second-order valence-corrected chi connectivity index (χ2v) is 14.0. The average molecular weight is 518 g/mol. The number of aliphatic hydroxyl groups is 2. The van der Waals surface area contributed by atoms with E-state index in [0.29, 0.717) is 35.5 Å². The Kier molecular flexibility index (Phi) is 9.01. The summed E-state index contributed by atoms with van der Waals surface area (Å²) < 4.78 is 27.3. The zero-order valence-corrected chi connectivity index (χ0v) is 22.4. The maximum Gasteiger partial charge on any atom is 0.303 e. The highest BCUT2D eigenvalue weighted by molar-refractivity contribution is 7.85. The summed E-state index contributed by atoms with van der Waals surface area (Å²) in [7, 11) is -3.80. The Morgan fingerprint density at radius 3 is 2.23 bits per heavy atom. The van der Waals surface area contributed by atoms with Crippen molar-refractivity contribution >= 4 is 16.1 Å². The third kappa shape index (κ3) is 6.06. The van der Waals surface area contributed by atoms with Crippen LogP contribution < -0.4 is 5.73 Å². The molecule has 9 heteroatoms. The molecule has 4 rings (SSSR count). The Morgan fingerprint density at radius 1 is 1.03 bits per heavy atom. The lowest BCUT2D eigenvalue weighted by atomic mass is 9.43. The molecule has 4 aliphatic carbocycles. The highest BCUT2D eigenvalue weighted by Gasteiger charge is 2.62. The Balaban J connectivity index is 0.000000429. The van der Waals surface area contributed by atoms with Crippen LogP contribution in [0.25, 0.3) is 0 Å².